The molecule has 0 unspecified atom stereocenters. The zero-order chi connectivity index (χ0) is 11.8. The fraction of sp³-hybridized carbons (Fsp3) is 0.308. The van der Waals surface area contributed by atoms with Gasteiger partial charge in [0.05, 0.1) is 23.8 Å². The largest absolute Gasteiger partial charge is 0.491 e. The Bertz CT molecular complexity index is 553. The molecular weight excluding hydrogens is 250 g/mol. The topological polar surface area (TPSA) is 39.1 Å². The number of ether oxygens (including phenoxy) is 1. The third-order valence-electron chi connectivity index (χ3n) is 3.14. The van der Waals surface area contributed by atoms with Crippen LogP contribution in [0.2, 0.25) is 0 Å². The van der Waals surface area contributed by atoms with E-state index in [1.165, 1.54) is 5.56 Å². The third-order valence-corrected chi connectivity index (χ3v) is 3.14. The summed E-state index contributed by atoms with van der Waals surface area (Å²) in [5.74, 6) is 0.966. The molecule has 1 atom stereocenters. The molecule has 0 fully saturated rings. The van der Waals surface area contributed by atoms with E-state index in [1.807, 2.05) is 31.1 Å². The first kappa shape index (κ1) is 12.9. The fourth-order valence-corrected chi connectivity index (χ4v) is 2.16. The molecule has 18 heavy (non-hydrogen) atoms. The number of aromatic nitrogens is 2. The van der Waals surface area contributed by atoms with Crippen molar-refractivity contribution < 1.29 is 4.74 Å². The lowest BCUT2D eigenvalue weighted by Crippen LogP contribution is -2.17. The summed E-state index contributed by atoms with van der Waals surface area (Å²) in [6, 6.07) is 6.59. The number of hydrogen-bond acceptors (Lipinski definition) is 3. The summed E-state index contributed by atoms with van der Waals surface area (Å²) < 4.78 is 7.68. The highest BCUT2D eigenvalue weighted by Crippen LogP contribution is 2.33. The Morgan fingerprint density at radius 1 is 1.44 bits per heavy atom. The summed E-state index contributed by atoms with van der Waals surface area (Å²) in [6.45, 7) is 2.69. The molecule has 1 aliphatic rings. The van der Waals surface area contributed by atoms with Crippen LogP contribution in [0.5, 0.6) is 5.75 Å². The van der Waals surface area contributed by atoms with E-state index in [1.54, 1.807) is 0 Å². The summed E-state index contributed by atoms with van der Waals surface area (Å²) in [7, 11) is 1.95. The maximum absolute atomic E-state index is 5.67. The normalized spacial score (nSPS) is 16.9. The van der Waals surface area contributed by atoms with E-state index in [2.05, 4.69) is 28.5 Å². The van der Waals surface area contributed by atoms with Gasteiger partial charge in [-0.2, -0.15) is 0 Å². The van der Waals surface area contributed by atoms with Crippen LogP contribution in [0.4, 0.5) is 0 Å². The second kappa shape index (κ2) is 5.00. The summed E-state index contributed by atoms with van der Waals surface area (Å²) >= 11 is 0. The number of aryl methyl sites for hydroxylation is 1. The smallest absolute Gasteiger partial charge is 0.126 e. The SMILES string of the molecule is CN[C@@H]1COc2cc(-n3cnc(C)c3)ccc21.Cl. The van der Waals surface area contributed by atoms with Crippen LogP contribution < -0.4 is 10.1 Å². The lowest BCUT2D eigenvalue weighted by atomic mass is 10.1. The van der Waals surface area contributed by atoms with Gasteiger partial charge in [0.2, 0.25) is 0 Å². The van der Waals surface area contributed by atoms with E-state index in [0.29, 0.717) is 12.6 Å². The van der Waals surface area contributed by atoms with Crippen LogP contribution in [0.25, 0.3) is 5.69 Å². The first-order valence-corrected chi connectivity index (χ1v) is 5.73. The van der Waals surface area contributed by atoms with E-state index in [0.717, 1.165) is 17.1 Å². The third kappa shape index (κ3) is 2.09. The zero-order valence-electron chi connectivity index (χ0n) is 10.4. The van der Waals surface area contributed by atoms with Gasteiger partial charge in [0.15, 0.2) is 0 Å². The van der Waals surface area contributed by atoms with E-state index >= 15 is 0 Å². The lowest BCUT2D eigenvalue weighted by Gasteiger charge is -2.07. The Morgan fingerprint density at radius 3 is 2.94 bits per heavy atom. The summed E-state index contributed by atoms with van der Waals surface area (Å²) in [4.78, 5) is 4.23. The molecule has 3 rings (SSSR count). The molecule has 96 valence electrons. The van der Waals surface area contributed by atoms with E-state index in [9.17, 15) is 0 Å². The molecule has 0 spiro atoms. The number of hydrogen-bond donors (Lipinski definition) is 1. The molecule has 1 N–H and O–H groups in total. The van der Waals surface area contributed by atoms with Gasteiger partial charge in [-0.1, -0.05) is 6.07 Å². The molecule has 2 aromatic rings. The van der Waals surface area contributed by atoms with Gasteiger partial charge in [0.1, 0.15) is 12.4 Å². The molecule has 0 saturated heterocycles. The Labute approximate surface area is 112 Å². The van der Waals surface area contributed by atoms with Gasteiger partial charge < -0.3 is 14.6 Å². The number of benzene rings is 1. The average molecular weight is 266 g/mol. The predicted molar refractivity (Wildman–Crippen MR) is 72.8 cm³/mol. The van der Waals surface area contributed by atoms with Crippen LogP contribution in [0.3, 0.4) is 0 Å². The van der Waals surface area contributed by atoms with E-state index in [4.69, 9.17) is 4.74 Å². The molecule has 0 saturated carbocycles. The van der Waals surface area contributed by atoms with Gasteiger partial charge >= 0.3 is 0 Å². The van der Waals surface area contributed by atoms with Gasteiger partial charge in [-0.3, -0.25) is 0 Å². The van der Waals surface area contributed by atoms with Crippen molar-refractivity contribution in [3.8, 4) is 11.4 Å². The molecule has 4 nitrogen and oxygen atoms in total. The highest BCUT2D eigenvalue weighted by molar-refractivity contribution is 5.85. The minimum Gasteiger partial charge on any atom is -0.491 e. The Kier molecular flexibility index (Phi) is 3.59. The van der Waals surface area contributed by atoms with Crippen molar-refractivity contribution in [1.82, 2.24) is 14.9 Å². The number of imidazole rings is 1. The number of nitrogens with one attached hydrogen (secondary N) is 1. The van der Waals surface area contributed by atoms with Crippen molar-refractivity contribution in [2.75, 3.05) is 13.7 Å². The Morgan fingerprint density at radius 2 is 2.28 bits per heavy atom. The zero-order valence-corrected chi connectivity index (χ0v) is 11.2. The number of likely N-dealkylation sites (N-methyl/N-ethyl adjacent to an activating group) is 1. The summed E-state index contributed by atoms with van der Waals surface area (Å²) in [6.07, 6.45) is 3.83. The lowest BCUT2D eigenvalue weighted by molar-refractivity contribution is 0.318. The molecule has 0 aliphatic carbocycles. The van der Waals surface area contributed by atoms with Crippen LogP contribution in [0, 0.1) is 6.92 Å². The molecular formula is C13H16ClN3O. The molecule has 1 aromatic carbocycles. The van der Waals surface area contributed by atoms with E-state index in [-0.39, 0.29) is 12.4 Å². The first-order chi connectivity index (χ1) is 8.28. The molecule has 0 radical (unpaired) electrons. The molecule has 5 heteroatoms. The summed E-state index contributed by atoms with van der Waals surface area (Å²) in [5, 5.41) is 3.24. The van der Waals surface area contributed by atoms with Crippen LogP contribution >= 0.6 is 12.4 Å². The first-order valence-electron chi connectivity index (χ1n) is 5.73. The van der Waals surface area contributed by atoms with Gasteiger partial charge in [0.25, 0.3) is 0 Å². The van der Waals surface area contributed by atoms with Crippen LogP contribution in [0.1, 0.15) is 17.3 Å². The quantitative estimate of drug-likeness (QED) is 0.905. The average Bonchev–Trinajstić information content (AvgIpc) is 2.94. The van der Waals surface area contributed by atoms with Gasteiger partial charge in [-0.15, -0.1) is 12.4 Å². The highest BCUT2D eigenvalue weighted by Gasteiger charge is 2.22. The Hall–Kier alpha value is -1.52. The molecule has 0 amide bonds. The van der Waals surface area contributed by atoms with E-state index < -0.39 is 0 Å². The van der Waals surface area contributed by atoms with Crippen molar-refractivity contribution in [2.45, 2.75) is 13.0 Å². The molecule has 0 bridgehead atoms. The summed E-state index contributed by atoms with van der Waals surface area (Å²) in [5.41, 5.74) is 3.33. The van der Waals surface area contributed by atoms with Crippen molar-refractivity contribution in [1.29, 1.82) is 0 Å². The predicted octanol–water partition coefficient (Wildman–Crippen LogP) is 2.26. The van der Waals surface area contributed by atoms with Crippen LogP contribution in [-0.4, -0.2) is 23.2 Å². The molecule has 1 aliphatic heterocycles. The van der Waals surface area contributed by atoms with Crippen molar-refractivity contribution in [2.24, 2.45) is 0 Å². The maximum Gasteiger partial charge on any atom is 0.126 e. The van der Waals surface area contributed by atoms with Gasteiger partial charge in [-0.05, 0) is 20.0 Å². The van der Waals surface area contributed by atoms with Crippen molar-refractivity contribution in [3.05, 3.63) is 42.0 Å². The van der Waals surface area contributed by atoms with Crippen LogP contribution in [-0.2, 0) is 0 Å². The molecule has 1 aromatic heterocycles. The monoisotopic (exact) mass is 265 g/mol. The molecule has 2 heterocycles. The standard InChI is InChI=1S/C13H15N3O.ClH/c1-9-6-16(8-15-9)10-3-4-11-12(14-2)7-17-13(11)5-10;/h3-6,8,12,14H,7H2,1-2H3;1H/t12-;/m1./s1. The van der Waals surface area contributed by atoms with Crippen LogP contribution in [0.15, 0.2) is 30.7 Å². The number of fused-ring (bicyclic) bond motifs is 1. The second-order valence-corrected chi connectivity index (χ2v) is 4.30. The Balaban J connectivity index is 0.00000120. The maximum atomic E-state index is 5.67. The number of nitrogens with zero attached hydrogens (tertiary/aromatic N) is 2. The fourth-order valence-electron chi connectivity index (χ4n) is 2.16. The highest BCUT2D eigenvalue weighted by atomic mass is 35.5. The minimum atomic E-state index is 0. The number of halogens is 1. The minimum absolute atomic E-state index is 0. The second-order valence-electron chi connectivity index (χ2n) is 4.30. The number of rotatable bonds is 2. The van der Waals surface area contributed by atoms with Gasteiger partial charge in [-0.25, -0.2) is 4.98 Å². The van der Waals surface area contributed by atoms with Crippen molar-refractivity contribution >= 4 is 12.4 Å². The van der Waals surface area contributed by atoms with Gasteiger partial charge in [0, 0.05) is 17.8 Å². The van der Waals surface area contributed by atoms with Crippen molar-refractivity contribution in [3.63, 3.8) is 0 Å².